The maximum Gasteiger partial charge on any atom is 0.434 e. The van der Waals surface area contributed by atoms with E-state index in [1.807, 2.05) is 0 Å². The standard InChI is InChI=1S/C10H3BrF6N2/c11-4-3-18-19(9(4)10(15,16)17)8-2-6(13)5(12)1-7(8)14/h1-3H. The van der Waals surface area contributed by atoms with Gasteiger partial charge in [-0.25, -0.2) is 17.9 Å². The molecule has 1 aromatic heterocycles. The first kappa shape index (κ1) is 13.9. The summed E-state index contributed by atoms with van der Waals surface area (Å²) in [6.07, 6.45) is -4.06. The van der Waals surface area contributed by atoms with E-state index in [2.05, 4.69) is 21.0 Å². The summed E-state index contributed by atoms with van der Waals surface area (Å²) in [5.74, 6) is -4.34. The van der Waals surface area contributed by atoms with E-state index in [1.54, 1.807) is 0 Å². The molecule has 1 heterocycles. The van der Waals surface area contributed by atoms with E-state index in [4.69, 9.17) is 0 Å². The van der Waals surface area contributed by atoms with E-state index in [9.17, 15) is 26.3 Å². The maximum absolute atomic E-state index is 13.4. The number of rotatable bonds is 1. The fourth-order valence-corrected chi connectivity index (χ4v) is 1.93. The zero-order chi connectivity index (χ0) is 14.4. The van der Waals surface area contributed by atoms with Gasteiger partial charge in [-0.1, -0.05) is 0 Å². The van der Waals surface area contributed by atoms with Gasteiger partial charge in [0.1, 0.15) is 5.69 Å². The molecule has 0 aliphatic rings. The van der Waals surface area contributed by atoms with Crippen molar-refractivity contribution >= 4 is 15.9 Å². The van der Waals surface area contributed by atoms with Crippen molar-refractivity contribution in [3.63, 3.8) is 0 Å². The summed E-state index contributed by atoms with van der Waals surface area (Å²) in [4.78, 5) is 0. The quantitative estimate of drug-likeness (QED) is 0.563. The number of hydrogen-bond donors (Lipinski definition) is 0. The van der Waals surface area contributed by atoms with Gasteiger partial charge in [0.05, 0.1) is 10.7 Å². The normalized spacial score (nSPS) is 11.9. The minimum absolute atomic E-state index is 0.153. The fourth-order valence-electron chi connectivity index (χ4n) is 1.44. The second-order valence-electron chi connectivity index (χ2n) is 3.47. The number of hydrogen-bond acceptors (Lipinski definition) is 1. The first-order valence-corrected chi connectivity index (χ1v) is 5.46. The number of halogens is 7. The third-order valence-corrected chi connectivity index (χ3v) is 2.79. The molecule has 2 rings (SSSR count). The SMILES string of the molecule is Fc1cc(F)c(-n2ncc(Br)c2C(F)(F)F)cc1F. The van der Waals surface area contributed by atoms with E-state index in [0.717, 1.165) is 6.20 Å². The average molecular weight is 345 g/mol. The molecule has 0 N–H and O–H groups in total. The molecule has 0 bridgehead atoms. The van der Waals surface area contributed by atoms with Crippen LogP contribution in [-0.4, -0.2) is 9.78 Å². The van der Waals surface area contributed by atoms with E-state index in [0.29, 0.717) is 6.07 Å². The Labute approximate surface area is 110 Å². The van der Waals surface area contributed by atoms with Crippen LogP contribution in [0.1, 0.15) is 5.69 Å². The van der Waals surface area contributed by atoms with Gasteiger partial charge in [0.2, 0.25) is 0 Å². The molecule has 0 spiro atoms. The van der Waals surface area contributed by atoms with Crippen LogP contribution in [-0.2, 0) is 6.18 Å². The van der Waals surface area contributed by atoms with Gasteiger partial charge in [0.15, 0.2) is 23.1 Å². The van der Waals surface area contributed by atoms with Crippen molar-refractivity contribution in [2.24, 2.45) is 0 Å². The monoisotopic (exact) mass is 344 g/mol. The van der Waals surface area contributed by atoms with E-state index >= 15 is 0 Å². The highest BCUT2D eigenvalue weighted by atomic mass is 79.9. The zero-order valence-electron chi connectivity index (χ0n) is 8.77. The molecule has 0 amide bonds. The molecule has 0 fully saturated rings. The highest BCUT2D eigenvalue weighted by Gasteiger charge is 2.38. The van der Waals surface area contributed by atoms with Crippen LogP contribution in [0.25, 0.3) is 5.69 Å². The maximum atomic E-state index is 13.4. The van der Waals surface area contributed by atoms with Crippen LogP contribution in [0.5, 0.6) is 0 Å². The molecule has 0 aliphatic heterocycles. The van der Waals surface area contributed by atoms with Crippen LogP contribution < -0.4 is 0 Å². The molecule has 9 heteroatoms. The Hall–Kier alpha value is -1.51. The van der Waals surface area contributed by atoms with E-state index < -0.39 is 39.5 Å². The van der Waals surface area contributed by atoms with Crippen LogP contribution in [0.4, 0.5) is 26.3 Å². The Balaban J connectivity index is 2.70. The van der Waals surface area contributed by atoms with Crippen molar-refractivity contribution < 1.29 is 26.3 Å². The van der Waals surface area contributed by atoms with Crippen LogP contribution in [0.2, 0.25) is 0 Å². The van der Waals surface area contributed by atoms with Crippen LogP contribution >= 0.6 is 15.9 Å². The van der Waals surface area contributed by atoms with Crippen molar-refractivity contribution in [3.05, 3.63) is 45.9 Å². The Kier molecular flexibility index (Phi) is 3.33. The second kappa shape index (κ2) is 4.55. The van der Waals surface area contributed by atoms with Gasteiger partial charge in [0.25, 0.3) is 0 Å². The van der Waals surface area contributed by atoms with Gasteiger partial charge < -0.3 is 0 Å². The molecule has 0 radical (unpaired) electrons. The number of benzene rings is 1. The molecule has 0 atom stereocenters. The lowest BCUT2D eigenvalue weighted by molar-refractivity contribution is -0.143. The van der Waals surface area contributed by atoms with Gasteiger partial charge in [-0.15, -0.1) is 0 Å². The minimum Gasteiger partial charge on any atom is -0.224 e. The summed E-state index contributed by atoms with van der Waals surface area (Å²) < 4.78 is 77.2. The third-order valence-electron chi connectivity index (χ3n) is 2.21. The molecule has 0 unspecified atom stereocenters. The Bertz CT molecular complexity index is 634. The van der Waals surface area contributed by atoms with Gasteiger partial charge in [0, 0.05) is 12.1 Å². The number of alkyl halides is 3. The van der Waals surface area contributed by atoms with Crippen LogP contribution in [0.3, 0.4) is 0 Å². The van der Waals surface area contributed by atoms with Crippen molar-refractivity contribution in [2.45, 2.75) is 6.18 Å². The molecular formula is C10H3BrF6N2. The average Bonchev–Trinajstić information content (AvgIpc) is 2.65. The summed E-state index contributed by atoms with van der Waals surface area (Å²) in [6, 6.07) is 0.458. The summed E-state index contributed by atoms with van der Waals surface area (Å²) in [7, 11) is 0. The largest absolute Gasteiger partial charge is 0.434 e. The van der Waals surface area contributed by atoms with Crippen LogP contribution in [0.15, 0.2) is 22.8 Å². The number of aromatic nitrogens is 2. The predicted octanol–water partition coefficient (Wildman–Crippen LogP) is 4.07. The first-order valence-electron chi connectivity index (χ1n) is 4.67. The topological polar surface area (TPSA) is 17.8 Å². The Morgan fingerprint density at radius 2 is 1.58 bits per heavy atom. The predicted molar refractivity (Wildman–Crippen MR) is 56.1 cm³/mol. The lowest BCUT2D eigenvalue weighted by atomic mass is 10.2. The van der Waals surface area contributed by atoms with E-state index in [-0.39, 0.29) is 10.7 Å². The van der Waals surface area contributed by atoms with Crippen molar-refractivity contribution in [2.75, 3.05) is 0 Å². The van der Waals surface area contributed by atoms with Crippen LogP contribution in [0, 0.1) is 17.5 Å². The molecule has 19 heavy (non-hydrogen) atoms. The molecule has 1 aromatic carbocycles. The van der Waals surface area contributed by atoms with Gasteiger partial charge in [-0.05, 0) is 15.9 Å². The number of nitrogens with zero attached hydrogens (tertiary/aromatic N) is 2. The summed E-state index contributed by atoms with van der Waals surface area (Å²) >= 11 is 2.61. The molecular weight excluding hydrogens is 342 g/mol. The highest BCUT2D eigenvalue weighted by Crippen LogP contribution is 2.36. The lowest BCUT2D eigenvalue weighted by Gasteiger charge is -2.12. The van der Waals surface area contributed by atoms with Gasteiger partial charge >= 0.3 is 6.18 Å². The van der Waals surface area contributed by atoms with Crippen molar-refractivity contribution in [3.8, 4) is 5.69 Å². The van der Waals surface area contributed by atoms with Crippen molar-refractivity contribution in [1.82, 2.24) is 9.78 Å². The molecule has 0 saturated heterocycles. The van der Waals surface area contributed by atoms with E-state index in [1.165, 1.54) is 0 Å². The Morgan fingerprint density at radius 3 is 2.16 bits per heavy atom. The van der Waals surface area contributed by atoms with Gasteiger partial charge in [-0.2, -0.15) is 18.3 Å². The second-order valence-corrected chi connectivity index (χ2v) is 4.32. The third kappa shape index (κ3) is 2.46. The first-order chi connectivity index (χ1) is 8.71. The fraction of sp³-hybridized carbons (Fsp3) is 0.100. The Morgan fingerprint density at radius 1 is 1.00 bits per heavy atom. The summed E-state index contributed by atoms with van der Waals surface area (Å²) in [6.45, 7) is 0. The molecule has 2 nitrogen and oxygen atoms in total. The molecule has 0 saturated carbocycles. The molecule has 0 aliphatic carbocycles. The molecule has 2 aromatic rings. The summed E-state index contributed by atoms with van der Waals surface area (Å²) in [5, 5.41) is 3.30. The zero-order valence-corrected chi connectivity index (χ0v) is 10.4. The minimum atomic E-state index is -4.84. The molecule has 102 valence electrons. The lowest BCUT2D eigenvalue weighted by Crippen LogP contribution is -2.15. The smallest absolute Gasteiger partial charge is 0.224 e. The summed E-state index contributed by atoms with van der Waals surface area (Å²) in [5.41, 5.74) is -2.16. The van der Waals surface area contributed by atoms with Gasteiger partial charge in [-0.3, -0.25) is 0 Å². The van der Waals surface area contributed by atoms with Crippen molar-refractivity contribution in [1.29, 1.82) is 0 Å². The highest BCUT2D eigenvalue weighted by molar-refractivity contribution is 9.10.